The third-order valence-corrected chi connectivity index (χ3v) is 5.45. The van der Waals surface area contributed by atoms with E-state index in [-0.39, 0.29) is 26.1 Å². The molecule has 0 fully saturated rings. The zero-order valence-corrected chi connectivity index (χ0v) is 20.1. The van der Waals surface area contributed by atoms with Crippen molar-refractivity contribution < 1.29 is 23.9 Å². The minimum Gasteiger partial charge on any atom is -0.466 e. The summed E-state index contributed by atoms with van der Waals surface area (Å²) in [6.07, 6.45) is 3.66. The Kier molecular flexibility index (Phi) is 7.74. The second-order valence-electron chi connectivity index (χ2n) is 7.89. The number of rotatable bonds is 10. The number of anilines is 2. The molecule has 0 aliphatic heterocycles. The number of esters is 2. The molecule has 10 heteroatoms. The molecule has 1 atom stereocenters. The summed E-state index contributed by atoms with van der Waals surface area (Å²) in [6.45, 7) is 3.79. The van der Waals surface area contributed by atoms with Gasteiger partial charge in [-0.25, -0.2) is 14.8 Å². The lowest BCUT2D eigenvalue weighted by Gasteiger charge is -2.17. The number of carbonyl (C=O) groups is 3. The predicted octanol–water partition coefficient (Wildman–Crippen LogP) is 3.63. The van der Waals surface area contributed by atoms with Crippen LogP contribution in [-0.4, -0.2) is 51.5 Å². The predicted molar refractivity (Wildman–Crippen MR) is 134 cm³/mol. The Bertz CT molecular complexity index is 1380. The third-order valence-electron chi connectivity index (χ3n) is 5.45. The maximum absolute atomic E-state index is 12.8. The van der Waals surface area contributed by atoms with Crippen molar-refractivity contribution >= 4 is 46.0 Å². The van der Waals surface area contributed by atoms with E-state index < -0.39 is 23.9 Å². The van der Waals surface area contributed by atoms with Crippen LogP contribution in [0.4, 0.5) is 11.5 Å². The largest absolute Gasteiger partial charge is 0.466 e. The van der Waals surface area contributed by atoms with E-state index in [1.807, 2.05) is 34.9 Å². The van der Waals surface area contributed by atoms with Gasteiger partial charge < -0.3 is 20.1 Å². The molecule has 2 heterocycles. The van der Waals surface area contributed by atoms with Gasteiger partial charge in [0.25, 0.3) is 5.91 Å². The highest BCUT2D eigenvalue weighted by molar-refractivity contribution is 5.97. The summed E-state index contributed by atoms with van der Waals surface area (Å²) in [7, 11) is 0. The molecule has 0 spiro atoms. The first-order chi connectivity index (χ1) is 17.5. The van der Waals surface area contributed by atoms with Gasteiger partial charge in [0.05, 0.1) is 24.2 Å². The minimum atomic E-state index is -0.963. The Morgan fingerprint density at radius 3 is 2.50 bits per heavy atom. The molecular weight excluding hydrogens is 462 g/mol. The van der Waals surface area contributed by atoms with Crippen LogP contribution in [0.15, 0.2) is 60.9 Å². The molecule has 0 bridgehead atoms. The average molecular weight is 490 g/mol. The standard InChI is InChI=1S/C26H27N5O5/c1-3-35-22(32)14-13-20(26(34)36-4-2)30-25(33)17-9-11-18(12-10-17)28-23-24-27-15-16-31(24)21-8-6-5-7-19(21)29-23/h5-12,15-16,20H,3-4,13-14H2,1-2H3,(H,28,29)(H,30,33)/t20-/m0/s1. The molecule has 2 N–H and O–H groups in total. The smallest absolute Gasteiger partial charge is 0.328 e. The van der Waals surface area contributed by atoms with E-state index in [9.17, 15) is 14.4 Å². The minimum absolute atomic E-state index is 0.0124. The number of aromatic nitrogens is 3. The van der Waals surface area contributed by atoms with Crippen molar-refractivity contribution in [3.63, 3.8) is 0 Å². The SMILES string of the molecule is CCOC(=O)CC[C@H](NC(=O)c1ccc(Nc2nc3ccccc3n3ccnc23)cc1)C(=O)OCC. The zero-order valence-electron chi connectivity index (χ0n) is 20.1. The number of benzene rings is 2. The Labute approximate surface area is 207 Å². The fourth-order valence-corrected chi connectivity index (χ4v) is 3.76. The number of hydrogen-bond acceptors (Lipinski definition) is 8. The molecule has 10 nitrogen and oxygen atoms in total. The van der Waals surface area contributed by atoms with Crippen molar-refractivity contribution in [3.05, 3.63) is 66.5 Å². The van der Waals surface area contributed by atoms with Crippen LogP contribution in [0, 0.1) is 0 Å². The first-order valence-electron chi connectivity index (χ1n) is 11.7. The number of nitrogens with zero attached hydrogens (tertiary/aromatic N) is 3. The molecule has 0 saturated heterocycles. The highest BCUT2D eigenvalue weighted by atomic mass is 16.5. The van der Waals surface area contributed by atoms with Gasteiger partial charge in [-0.3, -0.25) is 14.0 Å². The van der Waals surface area contributed by atoms with Crippen molar-refractivity contribution in [2.45, 2.75) is 32.7 Å². The molecule has 4 aromatic rings. The van der Waals surface area contributed by atoms with Crippen LogP contribution >= 0.6 is 0 Å². The van der Waals surface area contributed by atoms with E-state index in [0.717, 1.165) is 11.0 Å². The Hall–Kier alpha value is -4.47. The molecule has 186 valence electrons. The Balaban J connectivity index is 1.47. The van der Waals surface area contributed by atoms with Crippen molar-refractivity contribution in [1.82, 2.24) is 19.7 Å². The molecule has 2 aromatic carbocycles. The zero-order chi connectivity index (χ0) is 25.5. The Morgan fingerprint density at radius 1 is 1.00 bits per heavy atom. The van der Waals surface area contributed by atoms with Gasteiger partial charge in [-0.15, -0.1) is 0 Å². The normalized spacial score (nSPS) is 11.7. The first kappa shape index (κ1) is 24.6. The van der Waals surface area contributed by atoms with E-state index in [4.69, 9.17) is 9.47 Å². The number of amides is 1. The van der Waals surface area contributed by atoms with Crippen molar-refractivity contribution in [3.8, 4) is 0 Å². The van der Waals surface area contributed by atoms with Crippen LogP contribution in [0.1, 0.15) is 37.0 Å². The van der Waals surface area contributed by atoms with Crippen molar-refractivity contribution in [2.75, 3.05) is 18.5 Å². The summed E-state index contributed by atoms with van der Waals surface area (Å²) in [5, 5.41) is 5.92. The van der Waals surface area contributed by atoms with Gasteiger partial charge >= 0.3 is 11.9 Å². The van der Waals surface area contributed by atoms with Crippen LogP contribution in [0.25, 0.3) is 16.7 Å². The molecular formula is C26H27N5O5. The van der Waals surface area contributed by atoms with Gasteiger partial charge in [-0.2, -0.15) is 0 Å². The number of nitrogens with one attached hydrogen (secondary N) is 2. The van der Waals surface area contributed by atoms with Crippen LogP contribution in [-0.2, 0) is 19.1 Å². The molecule has 0 saturated carbocycles. The molecule has 0 aliphatic carbocycles. The number of imidazole rings is 1. The molecule has 0 aliphatic rings. The fraction of sp³-hybridized carbons (Fsp3) is 0.269. The van der Waals surface area contributed by atoms with Gasteiger partial charge in [0.2, 0.25) is 0 Å². The van der Waals surface area contributed by atoms with Crippen LogP contribution in [0.5, 0.6) is 0 Å². The van der Waals surface area contributed by atoms with E-state index in [0.29, 0.717) is 22.7 Å². The fourth-order valence-electron chi connectivity index (χ4n) is 3.76. The average Bonchev–Trinajstić information content (AvgIpc) is 3.38. The number of carbonyl (C=O) groups excluding carboxylic acids is 3. The summed E-state index contributed by atoms with van der Waals surface area (Å²) in [6, 6.07) is 13.6. The number of ether oxygens (including phenoxy) is 2. The highest BCUT2D eigenvalue weighted by Crippen LogP contribution is 2.24. The maximum atomic E-state index is 12.8. The molecule has 4 rings (SSSR count). The first-order valence-corrected chi connectivity index (χ1v) is 11.7. The quantitative estimate of drug-likeness (QED) is 0.324. The monoisotopic (exact) mass is 489 g/mol. The van der Waals surface area contributed by atoms with Crippen LogP contribution in [0.3, 0.4) is 0 Å². The van der Waals surface area contributed by atoms with E-state index >= 15 is 0 Å². The summed E-state index contributed by atoms with van der Waals surface area (Å²) in [5.74, 6) is -0.912. The van der Waals surface area contributed by atoms with Gasteiger partial charge in [-0.1, -0.05) is 12.1 Å². The number of hydrogen-bond donors (Lipinski definition) is 2. The number of para-hydroxylation sites is 2. The molecule has 36 heavy (non-hydrogen) atoms. The molecule has 0 radical (unpaired) electrons. The molecule has 1 amide bonds. The highest BCUT2D eigenvalue weighted by Gasteiger charge is 2.24. The molecule has 0 unspecified atom stereocenters. The summed E-state index contributed by atoms with van der Waals surface area (Å²) in [5.41, 5.74) is 3.50. The Morgan fingerprint density at radius 2 is 1.75 bits per heavy atom. The van der Waals surface area contributed by atoms with Gasteiger partial charge in [0, 0.05) is 30.1 Å². The van der Waals surface area contributed by atoms with Crippen LogP contribution in [0.2, 0.25) is 0 Å². The van der Waals surface area contributed by atoms with E-state index in [2.05, 4.69) is 20.6 Å². The molecule has 2 aromatic heterocycles. The lowest BCUT2D eigenvalue weighted by Crippen LogP contribution is -2.42. The topological polar surface area (TPSA) is 124 Å². The van der Waals surface area contributed by atoms with Crippen LogP contribution < -0.4 is 10.6 Å². The van der Waals surface area contributed by atoms with Gasteiger partial charge in [0.15, 0.2) is 11.5 Å². The summed E-state index contributed by atoms with van der Waals surface area (Å²) >= 11 is 0. The second kappa shape index (κ2) is 11.3. The van der Waals surface area contributed by atoms with E-state index in [1.165, 1.54) is 0 Å². The van der Waals surface area contributed by atoms with E-state index in [1.54, 1.807) is 44.3 Å². The lowest BCUT2D eigenvalue weighted by molar-refractivity contribution is -0.146. The summed E-state index contributed by atoms with van der Waals surface area (Å²) < 4.78 is 11.9. The maximum Gasteiger partial charge on any atom is 0.328 e. The number of fused-ring (bicyclic) bond motifs is 3. The summed E-state index contributed by atoms with van der Waals surface area (Å²) in [4.78, 5) is 45.9. The lowest BCUT2D eigenvalue weighted by atomic mass is 10.1. The second-order valence-corrected chi connectivity index (χ2v) is 7.89. The third kappa shape index (κ3) is 5.60. The van der Waals surface area contributed by atoms with Gasteiger partial charge in [0.1, 0.15) is 6.04 Å². The van der Waals surface area contributed by atoms with Gasteiger partial charge in [-0.05, 0) is 56.7 Å². The van der Waals surface area contributed by atoms with Crippen molar-refractivity contribution in [2.24, 2.45) is 0 Å². The van der Waals surface area contributed by atoms with Crippen molar-refractivity contribution in [1.29, 1.82) is 0 Å².